The quantitative estimate of drug-likeness (QED) is 0.575. The lowest BCUT2D eigenvalue weighted by Gasteiger charge is -2.12. The fraction of sp³-hybridized carbons (Fsp3) is 0.273. The van der Waals surface area contributed by atoms with Crippen molar-refractivity contribution in [3.8, 4) is 11.8 Å². The monoisotopic (exact) mass is 253 g/mol. The Morgan fingerprint density at radius 3 is 2.35 bits per heavy atom. The van der Waals surface area contributed by atoms with Crippen molar-refractivity contribution in [2.24, 2.45) is 5.73 Å². The summed E-state index contributed by atoms with van der Waals surface area (Å²) in [6.45, 7) is 0.280. The predicted molar refractivity (Wildman–Crippen MR) is 66.4 cm³/mol. The minimum atomic E-state index is -3.49. The van der Waals surface area contributed by atoms with E-state index in [0.717, 1.165) is 5.56 Å². The summed E-state index contributed by atoms with van der Waals surface area (Å²) < 4.78 is 23.5. The molecule has 0 fully saturated rings. The van der Waals surface area contributed by atoms with Crippen LogP contribution in [0, 0.1) is 11.8 Å². The highest BCUT2D eigenvalue weighted by molar-refractivity contribution is 7.89. The van der Waals surface area contributed by atoms with Gasteiger partial charge in [-0.05, 0) is 24.3 Å². The number of sulfonamides is 1. The lowest BCUT2D eigenvalue weighted by atomic mass is 10.2. The maximum absolute atomic E-state index is 11.8. The van der Waals surface area contributed by atoms with Crippen LogP contribution in [-0.2, 0) is 10.0 Å². The second-order valence-electron chi connectivity index (χ2n) is 3.52. The molecule has 0 atom stereocenters. The van der Waals surface area contributed by atoms with Crippen LogP contribution in [0.4, 0.5) is 0 Å². The van der Waals surface area contributed by atoms with E-state index in [2.05, 4.69) is 16.7 Å². The molecule has 1 rings (SSSR count). The number of hydrazine groups is 1. The molecule has 0 unspecified atom stereocenters. The lowest BCUT2D eigenvalue weighted by molar-refractivity contribution is 0.364. The van der Waals surface area contributed by atoms with Crippen molar-refractivity contribution in [2.75, 3.05) is 20.6 Å². The summed E-state index contributed by atoms with van der Waals surface area (Å²) in [5.41, 5.74) is 5.98. The van der Waals surface area contributed by atoms with Gasteiger partial charge < -0.3 is 5.73 Å². The van der Waals surface area contributed by atoms with Crippen molar-refractivity contribution >= 4 is 10.0 Å². The first kappa shape index (κ1) is 13.7. The second kappa shape index (κ2) is 5.80. The number of rotatable bonds is 3. The minimum absolute atomic E-state index is 0.199. The average Bonchev–Trinajstić information content (AvgIpc) is 2.25. The summed E-state index contributed by atoms with van der Waals surface area (Å²) in [7, 11) is -0.274. The van der Waals surface area contributed by atoms with Crippen molar-refractivity contribution in [1.82, 2.24) is 9.84 Å². The molecule has 0 aliphatic rings. The summed E-state index contributed by atoms with van der Waals surface area (Å²) in [6, 6.07) is 6.30. The fourth-order valence-corrected chi connectivity index (χ4v) is 2.24. The normalized spacial score (nSPS) is 11.1. The van der Waals surface area contributed by atoms with Gasteiger partial charge in [0.25, 0.3) is 10.0 Å². The summed E-state index contributed by atoms with van der Waals surface area (Å²) in [5, 5.41) is 1.37. The summed E-state index contributed by atoms with van der Waals surface area (Å²) >= 11 is 0. The summed E-state index contributed by atoms with van der Waals surface area (Å²) in [5.74, 6) is 5.52. The van der Waals surface area contributed by atoms with E-state index in [1.165, 1.54) is 17.1 Å². The van der Waals surface area contributed by atoms with Crippen LogP contribution < -0.4 is 10.6 Å². The zero-order valence-electron chi connectivity index (χ0n) is 9.77. The molecule has 0 saturated carbocycles. The molecule has 92 valence electrons. The molecule has 0 amide bonds. The first-order valence-electron chi connectivity index (χ1n) is 4.94. The van der Waals surface area contributed by atoms with E-state index in [0.29, 0.717) is 0 Å². The SMILES string of the molecule is CN(C)NS(=O)(=O)c1ccc(C#CCN)cc1. The highest BCUT2D eigenvalue weighted by Crippen LogP contribution is 2.09. The van der Waals surface area contributed by atoms with E-state index in [-0.39, 0.29) is 11.4 Å². The molecule has 0 aliphatic carbocycles. The molecule has 3 N–H and O–H groups in total. The van der Waals surface area contributed by atoms with E-state index in [1.54, 1.807) is 26.2 Å². The average molecular weight is 253 g/mol. The van der Waals surface area contributed by atoms with Crippen molar-refractivity contribution in [2.45, 2.75) is 4.90 Å². The van der Waals surface area contributed by atoms with Crippen molar-refractivity contribution in [3.05, 3.63) is 29.8 Å². The fourth-order valence-electron chi connectivity index (χ4n) is 1.16. The van der Waals surface area contributed by atoms with Gasteiger partial charge in [0.15, 0.2) is 0 Å². The molecule has 5 nitrogen and oxygen atoms in total. The molecule has 0 spiro atoms. The predicted octanol–water partition coefficient (Wildman–Crippen LogP) is -0.248. The van der Waals surface area contributed by atoms with Gasteiger partial charge >= 0.3 is 0 Å². The molecule has 17 heavy (non-hydrogen) atoms. The van der Waals surface area contributed by atoms with Gasteiger partial charge in [0.2, 0.25) is 0 Å². The van der Waals surface area contributed by atoms with Crippen LogP contribution in [0.15, 0.2) is 29.2 Å². The highest BCUT2D eigenvalue weighted by Gasteiger charge is 2.13. The second-order valence-corrected chi connectivity index (χ2v) is 5.18. The van der Waals surface area contributed by atoms with E-state index >= 15 is 0 Å². The summed E-state index contributed by atoms with van der Waals surface area (Å²) in [4.78, 5) is 2.55. The maximum atomic E-state index is 11.8. The van der Waals surface area contributed by atoms with Crippen LogP contribution >= 0.6 is 0 Å². The van der Waals surface area contributed by atoms with Crippen molar-refractivity contribution in [1.29, 1.82) is 0 Å². The maximum Gasteiger partial charge on any atom is 0.253 e. The molecule has 1 aromatic carbocycles. The Morgan fingerprint density at radius 2 is 1.88 bits per heavy atom. The zero-order chi connectivity index (χ0) is 12.9. The minimum Gasteiger partial charge on any atom is -0.320 e. The molecular formula is C11H15N3O2S. The van der Waals surface area contributed by atoms with Crippen LogP contribution in [0.2, 0.25) is 0 Å². The third-order valence-corrected chi connectivity index (χ3v) is 3.30. The highest BCUT2D eigenvalue weighted by atomic mass is 32.2. The molecule has 0 saturated heterocycles. The molecule has 0 radical (unpaired) electrons. The zero-order valence-corrected chi connectivity index (χ0v) is 10.6. The Bertz CT molecular complexity index is 524. The Balaban J connectivity index is 2.95. The number of nitrogens with one attached hydrogen (secondary N) is 1. The molecule has 0 bridgehead atoms. The van der Waals surface area contributed by atoms with Crippen LogP contribution in [0.25, 0.3) is 0 Å². The number of nitrogens with two attached hydrogens (primary N) is 1. The topological polar surface area (TPSA) is 75.4 Å². The van der Waals surface area contributed by atoms with Crippen molar-refractivity contribution < 1.29 is 8.42 Å². The number of benzene rings is 1. The van der Waals surface area contributed by atoms with Crippen LogP contribution in [-0.4, -0.2) is 34.1 Å². The molecule has 0 aliphatic heterocycles. The van der Waals surface area contributed by atoms with Crippen LogP contribution in [0.5, 0.6) is 0 Å². The third-order valence-electron chi connectivity index (χ3n) is 1.80. The molecule has 6 heteroatoms. The first-order valence-corrected chi connectivity index (χ1v) is 6.43. The lowest BCUT2D eigenvalue weighted by Crippen LogP contribution is -2.36. The van der Waals surface area contributed by atoms with Gasteiger partial charge in [0.05, 0.1) is 11.4 Å². The molecular weight excluding hydrogens is 238 g/mol. The van der Waals surface area contributed by atoms with Gasteiger partial charge in [-0.3, -0.25) is 0 Å². The summed E-state index contributed by atoms with van der Waals surface area (Å²) in [6.07, 6.45) is 0. The van der Waals surface area contributed by atoms with Gasteiger partial charge in [0, 0.05) is 19.7 Å². The van der Waals surface area contributed by atoms with E-state index in [4.69, 9.17) is 5.73 Å². The van der Waals surface area contributed by atoms with E-state index in [9.17, 15) is 8.42 Å². The van der Waals surface area contributed by atoms with E-state index < -0.39 is 10.0 Å². The van der Waals surface area contributed by atoms with Gasteiger partial charge in [-0.2, -0.15) is 0 Å². The van der Waals surface area contributed by atoms with Gasteiger partial charge in [-0.25, -0.2) is 13.4 Å². The molecule has 0 heterocycles. The molecule has 0 aromatic heterocycles. The number of hydrogen-bond acceptors (Lipinski definition) is 4. The smallest absolute Gasteiger partial charge is 0.253 e. The Kier molecular flexibility index (Phi) is 4.66. The van der Waals surface area contributed by atoms with Crippen molar-refractivity contribution in [3.63, 3.8) is 0 Å². The van der Waals surface area contributed by atoms with Gasteiger partial charge in [-0.15, -0.1) is 4.83 Å². The largest absolute Gasteiger partial charge is 0.320 e. The third kappa shape index (κ3) is 4.17. The van der Waals surface area contributed by atoms with Crippen LogP contribution in [0.3, 0.4) is 0 Å². The first-order chi connectivity index (χ1) is 7.95. The Morgan fingerprint density at radius 1 is 1.29 bits per heavy atom. The van der Waals surface area contributed by atoms with E-state index in [1.807, 2.05) is 0 Å². The Hall–Kier alpha value is -1.39. The molecule has 1 aromatic rings. The number of nitrogens with zero attached hydrogens (tertiary/aromatic N) is 1. The van der Waals surface area contributed by atoms with Gasteiger partial charge in [-0.1, -0.05) is 11.8 Å². The number of hydrogen-bond donors (Lipinski definition) is 2. The Labute approximate surface area is 102 Å². The standard InChI is InChI=1S/C11H15N3O2S/c1-14(2)13-17(15,16)11-7-5-10(6-8-11)4-3-9-12/h5-8,13H,9,12H2,1-2H3. The van der Waals surface area contributed by atoms with Crippen LogP contribution in [0.1, 0.15) is 5.56 Å². The van der Waals surface area contributed by atoms with Gasteiger partial charge in [0.1, 0.15) is 0 Å².